The minimum absolute atomic E-state index is 0.0884. The van der Waals surface area contributed by atoms with Gasteiger partial charge in [0.25, 0.3) is 0 Å². The van der Waals surface area contributed by atoms with Gasteiger partial charge < -0.3 is 14.7 Å². The third-order valence-corrected chi connectivity index (χ3v) is 2.26. The normalized spacial score (nSPS) is 11.5. The van der Waals surface area contributed by atoms with Crippen molar-refractivity contribution in [2.24, 2.45) is 0 Å². The Hall–Kier alpha value is -1.36. The number of methoxy groups -OCH3 is 1. The Morgan fingerprint density at radius 3 is 2.35 bits per heavy atom. The number of benzene rings is 1. The summed E-state index contributed by atoms with van der Waals surface area (Å²) in [6.45, 7) is 3.39. The maximum absolute atomic E-state index is 13.7. The maximum atomic E-state index is 13.7. The molecule has 0 bridgehead atoms. The number of anilines is 1. The van der Waals surface area contributed by atoms with Gasteiger partial charge in [0.05, 0.1) is 18.4 Å². The molecule has 1 aromatic carbocycles. The van der Waals surface area contributed by atoms with Gasteiger partial charge in [-0.25, -0.2) is 8.78 Å². The molecule has 0 unspecified atom stereocenters. The fourth-order valence-corrected chi connectivity index (χ4v) is 1.63. The highest BCUT2D eigenvalue weighted by molar-refractivity contribution is 5.51. The molecule has 0 aliphatic heterocycles. The molecular formula is C12H17F2NO2. The fourth-order valence-electron chi connectivity index (χ4n) is 1.63. The minimum atomic E-state index is -0.988. The van der Waals surface area contributed by atoms with Crippen molar-refractivity contribution < 1.29 is 18.6 Å². The lowest BCUT2D eigenvalue weighted by molar-refractivity contribution is 0.0885. The number of rotatable bonds is 4. The molecule has 0 saturated heterocycles. The van der Waals surface area contributed by atoms with Crippen LogP contribution in [0.3, 0.4) is 0 Å². The van der Waals surface area contributed by atoms with Gasteiger partial charge in [0.1, 0.15) is 5.82 Å². The van der Waals surface area contributed by atoms with E-state index in [2.05, 4.69) is 4.74 Å². The summed E-state index contributed by atoms with van der Waals surface area (Å²) in [4.78, 5) is 1.46. The van der Waals surface area contributed by atoms with E-state index >= 15 is 0 Å². The molecule has 0 spiro atoms. The summed E-state index contributed by atoms with van der Waals surface area (Å²) in [5.74, 6) is -1.36. The number of nitrogens with zero attached hydrogens (tertiary/aromatic N) is 1. The van der Waals surface area contributed by atoms with Gasteiger partial charge in [-0.2, -0.15) is 0 Å². The second-order valence-corrected chi connectivity index (χ2v) is 4.61. The predicted octanol–water partition coefficient (Wildman–Crippen LogP) is 2.18. The van der Waals surface area contributed by atoms with Crippen molar-refractivity contribution in [1.29, 1.82) is 0 Å². The van der Waals surface area contributed by atoms with E-state index < -0.39 is 17.2 Å². The minimum Gasteiger partial charge on any atom is -0.494 e. The molecule has 1 N–H and O–H groups in total. The van der Waals surface area contributed by atoms with Crippen LogP contribution in [0.2, 0.25) is 0 Å². The lowest BCUT2D eigenvalue weighted by atomic mass is 10.1. The lowest BCUT2D eigenvalue weighted by Gasteiger charge is -2.27. The number of hydrogen-bond acceptors (Lipinski definition) is 3. The van der Waals surface area contributed by atoms with Crippen LogP contribution in [-0.2, 0) is 0 Å². The van der Waals surface area contributed by atoms with Gasteiger partial charge in [-0.1, -0.05) is 0 Å². The van der Waals surface area contributed by atoms with Gasteiger partial charge in [-0.15, -0.1) is 0 Å². The van der Waals surface area contributed by atoms with Crippen molar-refractivity contribution in [3.63, 3.8) is 0 Å². The van der Waals surface area contributed by atoms with Crippen molar-refractivity contribution in [1.82, 2.24) is 0 Å². The van der Waals surface area contributed by atoms with Gasteiger partial charge in [0.15, 0.2) is 11.6 Å². The first kappa shape index (κ1) is 13.7. The monoisotopic (exact) mass is 245 g/mol. The number of halogens is 2. The Balaban J connectivity index is 3.02. The molecular weight excluding hydrogens is 228 g/mol. The molecule has 1 aromatic rings. The standard InChI is InChI=1S/C12H17F2NO2/c1-12(2,16)7-15(3)10-5-9(14)11(17-4)6-8(10)13/h5-6,16H,7H2,1-4H3. The summed E-state index contributed by atoms with van der Waals surface area (Å²) in [6, 6.07) is 2.05. The molecule has 0 fully saturated rings. The maximum Gasteiger partial charge on any atom is 0.167 e. The molecule has 0 aliphatic carbocycles. The summed E-state index contributed by atoms with van der Waals surface area (Å²) >= 11 is 0. The van der Waals surface area contributed by atoms with Crippen LogP contribution < -0.4 is 9.64 Å². The second kappa shape index (κ2) is 4.87. The van der Waals surface area contributed by atoms with E-state index in [0.29, 0.717) is 0 Å². The molecule has 0 aromatic heterocycles. The first-order valence-electron chi connectivity index (χ1n) is 5.21. The zero-order valence-electron chi connectivity index (χ0n) is 10.4. The average Bonchev–Trinajstić information content (AvgIpc) is 2.18. The average molecular weight is 245 g/mol. The molecule has 0 aliphatic rings. The Bertz CT molecular complexity index is 402. The summed E-state index contributed by atoms with van der Waals surface area (Å²) < 4.78 is 31.8. The summed E-state index contributed by atoms with van der Waals surface area (Å²) in [5, 5.41) is 9.63. The molecule has 0 radical (unpaired) electrons. The Kier molecular flexibility index (Phi) is 3.93. The Morgan fingerprint density at radius 2 is 1.88 bits per heavy atom. The number of likely N-dealkylation sites (N-methyl/N-ethyl adjacent to an activating group) is 1. The molecule has 1 rings (SSSR count). The van der Waals surface area contributed by atoms with E-state index in [1.807, 2.05) is 0 Å². The molecule has 0 amide bonds. The molecule has 0 atom stereocenters. The van der Waals surface area contributed by atoms with Crippen molar-refractivity contribution in [3.8, 4) is 5.75 Å². The smallest absolute Gasteiger partial charge is 0.167 e. The van der Waals surface area contributed by atoms with E-state index in [-0.39, 0.29) is 18.0 Å². The number of aliphatic hydroxyl groups is 1. The van der Waals surface area contributed by atoms with Crippen LogP contribution in [0.25, 0.3) is 0 Å². The van der Waals surface area contributed by atoms with Crippen molar-refractivity contribution in [2.45, 2.75) is 19.4 Å². The van der Waals surface area contributed by atoms with E-state index in [4.69, 9.17) is 0 Å². The van der Waals surface area contributed by atoms with Crippen molar-refractivity contribution in [2.75, 3.05) is 25.6 Å². The first-order valence-corrected chi connectivity index (χ1v) is 5.21. The molecule has 0 heterocycles. The summed E-state index contributed by atoms with van der Waals surface area (Å²) in [6.07, 6.45) is 0. The predicted molar refractivity (Wildman–Crippen MR) is 62.5 cm³/mol. The lowest BCUT2D eigenvalue weighted by Crippen LogP contribution is -2.36. The second-order valence-electron chi connectivity index (χ2n) is 4.61. The Morgan fingerprint density at radius 1 is 1.29 bits per heavy atom. The van der Waals surface area contributed by atoms with Crippen LogP contribution in [0.1, 0.15) is 13.8 Å². The quantitative estimate of drug-likeness (QED) is 0.882. The van der Waals surface area contributed by atoms with Crippen LogP contribution in [0.5, 0.6) is 5.75 Å². The largest absolute Gasteiger partial charge is 0.494 e. The molecule has 0 saturated carbocycles. The van der Waals surface area contributed by atoms with Crippen LogP contribution in [-0.4, -0.2) is 31.4 Å². The molecule has 5 heteroatoms. The van der Waals surface area contributed by atoms with Crippen LogP contribution >= 0.6 is 0 Å². The molecule has 17 heavy (non-hydrogen) atoms. The van der Waals surface area contributed by atoms with Crippen molar-refractivity contribution >= 4 is 5.69 Å². The third-order valence-electron chi connectivity index (χ3n) is 2.26. The number of ether oxygens (including phenoxy) is 1. The summed E-state index contributed by atoms with van der Waals surface area (Å²) in [7, 11) is 2.86. The molecule has 3 nitrogen and oxygen atoms in total. The zero-order chi connectivity index (χ0) is 13.2. The van der Waals surface area contributed by atoms with Crippen LogP contribution in [0, 0.1) is 11.6 Å². The number of hydrogen-bond donors (Lipinski definition) is 1. The third kappa shape index (κ3) is 3.56. The zero-order valence-corrected chi connectivity index (χ0v) is 10.4. The van der Waals surface area contributed by atoms with Gasteiger partial charge in [0, 0.05) is 25.7 Å². The van der Waals surface area contributed by atoms with Crippen LogP contribution in [0.4, 0.5) is 14.5 Å². The van der Waals surface area contributed by atoms with E-state index in [1.165, 1.54) is 12.0 Å². The van der Waals surface area contributed by atoms with Gasteiger partial charge >= 0.3 is 0 Å². The Labute approximate surface area is 99.6 Å². The topological polar surface area (TPSA) is 32.7 Å². The highest BCUT2D eigenvalue weighted by atomic mass is 19.1. The van der Waals surface area contributed by atoms with Gasteiger partial charge in [-0.05, 0) is 13.8 Å². The van der Waals surface area contributed by atoms with Crippen LogP contribution in [0.15, 0.2) is 12.1 Å². The van der Waals surface area contributed by atoms with Gasteiger partial charge in [0.2, 0.25) is 0 Å². The molecule has 96 valence electrons. The van der Waals surface area contributed by atoms with Gasteiger partial charge in [-0.3, -0.25) is 0 Å². The van der Waals surface area contributed by atoms with E-state index in [9.17, 15) is 13.9 Å². The highest BCUT2D eigenvalue weighted by Crippen LogP contribution is 2.27. The van der Waals surface area contributed by atoms with E-state index in [0.717, 1.165) is 12.1 Å². The van der Waals surface area contributed by atoms with Crippen molar-refractivity contribution in [3.05, 3.63) is 23.8 Å². The van der Waals surface area contributed by atoms with E-state index in [1.54, 1.807) is 20.9 Å². The SMILES string of the molecule is COc1cc(F)c(N(C)CC(C)(C)O)cc1F. The highest BCUT2D eigenvalue weighted by Gasteiger charge is 2.19. The fraction of sp³-hybridized carbons (Fsp3) is 0.500. The first-order chi connectivity index (χ1) is 7.74. The summed E-state index contributed by atoms with van der Waals surface area (Å²) in [5.41, 5.74) is -0.900.